The maximum atomic E-state index is 13.2. The van der Waals surface area contributed by atoms with Crippen LogP contribution in [0.2, 0.25) is 5.02 Å². The van der Waals surface area contributed by atoms with Crippen molar-refractivity contribution >= 4 is 77.0 Å². The third-order valence-corrected chi connectivity index (χ3v) is 14.8. The van der Waals surface area contributed by atoms with Gasteiger partial charge < -0.3 is 39.1 Å². The highest BCUT2D eigenvalue weighted by Crippen LogP contribution is 2.47. The first-order valence-corrected chi connectivity index (χ1v) is 23.5. The van der Waals surface area contributed by atoms with Crippen LogP contribution < -0.4 is 30.9 Å². The Morgan fingerprint density at radius 3 is 2.41 bits per heavy atom. The molecule has 4 amide bonds. The molecule has 1 atom stereocenters. The summed E-state index contributed by atoms with van der Waals surface area (Å²) >= 11 is 6.48. The average Bonchev–Trinajstić information content (AvgIpc) is 3.64. The monoisotopic (exact) mass is 913 g/mol. The lowest BCUT2D eigenvalue weighted by Crippen LogP contribution is -2.54. The van der Waals surface area contributed by atoms with Crippen molar-refractivity contribution in [2.24, 2.45) is 0 Å². The number of fused-ring (bicyclic) bond motifs is 1. The van der Waals surface area contributed by atoms with Gasteiger partial charge in [-0.3, -0.25) is 34.0 Å². The maximum Gasteiger partial charge on any atom is 0.362 e. The predicted molar refractivity (Wildman–Crippen MR) is 243 cm³/mol. The summed E-state index contributed by atoms with van der Waals surface area (Å²) in [5.41, 5.74) is 4.73. The van der Waals surface area contributed by atoms with Crippen LogP contribution in [0.4, 0.5) is 28.8 Å². The van der Waals surface area contributed by atoms with E-state index in [4.69, 9.17) is 25.4 Å². The van der Waals surface area contributed by atoms with E-state index in [1.54, 1.807) is 36.3 Å². The Kier molecular flexibility index (Phi) is 13.8. The van der Waals surface area contributed by atoms with Gasteiger partial charge in [0.2, 0.25) is 23.7 Å². The zero-order valence-electron chi connectivity index (χ0n) is 36.2. The molecule has 5 heterocycles. The standard InChI is InChI=1S/C45H53ClN9O8P/c1-61-38-26-32(12-14-35(38)49-45-47-27-34(46)42(51-45)48-36-8-4-5-9-39(36)64(60,62-2)63-3)52-19-17-31(18-20-52)53-21-23-54(24-22-53)41(57)10-6-7-29-11-13-33-30(25-29)28-55(44(33)59)37-15-16-40(56)50-43(37)58/h4-5,8-9,11-14,25-27,31,37H,6-7,10,15-24,28H2,1-3H3,(H,50,56,58)(H2,47,48,49,51). The predicted octanol–water partition coefficient (Wildman–Crippen LogP) is 5.63. The first-order chi connectivity index (χ1) is 31.0. The second kappa shape index (κ2) is 19.7. The van der Waals surface area contributed by atoms with Gasteiger partial charge in [-0.15, -0.1) is 0 Å². The summed E-state index contributed by atoms with van der Waals surface area (Å²) < 4.78 is 29.4. The highest BCUT2D eigenvalue weighted by atomic mass is 35.5. The van der Waals surface area contributed by atoms with E-state index in [1.165, 1.54) is 20.4 Å². The number of piperidine rings is 2. The Balaban J connectivity index is 0.787. The second-order valence-electron chi connectivity index (χ2n) is 16.3. The first-order valence-electron chi connectivity index (χ1n) is 21.6. The number of ether oxygens (including phenoxy) is 1. The molecule has 3 fully saturated rings. The van der Waals surface area contributed by atoms with Gasteiger partial charge in [0.1, 0.15) is 16.8 Å². The van der Waals surface area contributed by atoms with E-state index in [1.807, 2.05) is 35.2 Å². The van der Waals surface area contributed by atoms with Crippen LogP contribution in [0.15, 0.2) is 66.9 Å². The van der Waals surface area contributed by atoms with E-state index in [-0.39, 0.29) is 35.1 Å². The van der Waals surface area contributed by atoms with Crippen LogP contribution >= 0.6 is 19.2 Å². The lowest BCUT2D eigenvalue weighted by Gasteiger charge is -2.43. The number of amides is 4. The summed E-state index contributed by atoms with van der Waals surface area (Å²) in [7, 11) is 0.707. The van der Waals surface area contributed by atoms with Crippen LogP contribution in [0.25, 0.3) is 0 Å². The Hall–Kier alpha value is -5.58. The Morgan fingerprint density at radius 1 is 0.906 bits per heavy atom. The fourth-order valence-electron chi connectivity index (χ4n) is 9.04. The summed E-state index contributed by atoms with van der Waals surface area (Å²) in [6.07, 6.45) is 5.95. The molecular formula is C45H53ClN9O8P. The number of rotatable bonds is 15. The number of hydrogen-bond acceptors (Lipinski definition) is 14. The number of anilines is 5. The molecule has 3 saturated heterocycles. The number of aryl methyl sites for hydroxylation is 1. The van der Waals surface area contributed by atoms with Gasteiger partial charge in [-0.25, -0.2) is 4.98 Å². The van der Waals surface area contributed by atoms with Crippen LogP contribution in [0.5, 0.6) is 5.75 Å². The number of nitrogens with one attached hydrogen (secondary N) is 3. The number of methoxy groups -OCH3 is 1. The average molecular weight is 914 g/mol. The first kappa shape index (κ1) is 45.0. The van der Waals surface area contributed by atoms with Gasteiger partial charge in [-0.05, 0) is 73.6 Å². The zero-order chi connectivity index (χ0) is 45.0. The van der Waals surface area contributed by atoms with Crippen molar-refractivity contribution in [1.82, 2.24) is 30.0 Å². The van der Waals surface area contributed by atoms with Crippen molar-refractivity contribution in [2.75, 3.05) is 76.1 Å². The topological polar surface area (TPSA) is 188 Å². The third kappa shape index (κ3) is 9.73. The molecule has 17 nitrogen and oxygen atoms in total. The molecule has 0 saturated carbocycles. The van der Waals surface area contributed by atoms with Crippen LogP contribution in [0.1, 0.15) is 60.0 Å². The van der Waals surface area contributed by atoms with Gasteiger partial charge in [-0.2, -0.15) is 4.98 Å². The molecule has 1 aromatic heterocycles. The van der Waals surface area contributed by atoms with E-state index >= 15 is 0 Å². The summed E-state index contributed by atoms with van der Waals surface area (Å²) in [5.74, 6) is 0.469. The molecule has 64 heavy (non-hydrogen) atoms. The van der Waals surface area contributed by atoms with Crippen LogP contribution in [-0.2, 0) is 41.0 Å². The molecule has 0 spiro atoms. The summed E-state index contributed by atoms with van der Waals surface area (Å²) in [5, 5.41) is 9.33. The van der Waals surface area contributed by atoms with Crippen molar-refractivity contribution in [3.63, 3.8) is 0 Å². The van der Waals surface area contributed by atoms with Gasteiger partial charge in [-0.1, -0.05) is 35.9 Å². The molecule has 8 rings (SSSR count). The second-order valence-corrected chi connectivity index (χ2v) is 18.9. The number of halogens is 1. The van der Waals surface area contributed by atoms with Gasteiger partial charge in [0, 0.05) is 96.2 Å². The van der Waals surface area contributed by atoms with Gasteiger partial charge >= 0.3 is 7.60 Å². The van der Waals surface area contributed by atoms with E-state index in [0.717, 1.165) is 62.3 Å². The molecule has 0 aliphatic carbocycles. The normalized spacial score (nSPS) is 18.5. The number of imide groups is 1. The summed E-state index contributed by atoms with van der Waals surface area (Å²) in [6.45, 7) is 5.26. The molecule has 19 heteroatoms. The number of para-hydroxylation sites is 1. The molecule has 3 aromatic carbocycles. The quantitative estimate of drug-likeness (QED) is 0.0983. The highest BCUT2D eigenvalue weighted by molar-refractivity contribution is 7.62. The number of hydrogen-bond donors (Lipinski definition) is 3. The minimum Gasteiger partial charge on any atom is -0.494 e. The molecule has 1 unspecified atom stereocenters. The molecule has 0 bridgehead atoms. The smallest absolute Gasteiger partial charge is 0.362 e. The van der Waals surface area contributed by atoms with E-state index in [2.05, 4.69) is 41.8 Å². The number of aromatic nitrogens is 2. The number of carbonyl (C=O) groups is 4. The Morgan fingerprint density at radius 2 is 1.67 bits per heavy atom. The van der Waals surface area contributed by atoms with Gasteiger partial charge in [0.25, 0.3) is 5.91 Å². The fourth-order valence-corrected chi connectivity index (χ4v) is 10.4. The number of benzene rings is 3. The molecule has 0 radical (unpaired) electrons. The zero-order valence-corrected chi connectivity index (χ0v) is 37.8. The number of nitrogens with zero attached hydrogens (tertiary/aromatic N) is 6. The van der Waals surface area contributed by atoms with Crippen LogP contribution in [0, 0.1) is 0 Å². The molecule has 4 aliphatic rings. The van der Waals surface area contributed by atoms with Gasteiger partial charge in [0.05, 0.1) is 30.0 Å². The summed E-state index contributed by atoms with van der Waals surface area (Å²) in [4.78, 5) is 67.7. The van der Waals surface area contributed by atoms with Gasteiger partial charge in [0.15, 0.2) is 5.82 Å². The van der Waals surface area contributed by atoms with E-state index < -0.39 is 19.5 Å². The van der Waals surface area contributed by atoms with Crippen LogP contribution in [-0.4, -0.2) is 121 Å². The highest BCUT2D eigenvalue weighted by Gasteiger charge is 2.39. The van der Waals surface area contributed by atoms with Crippen molar-refractivity contribution < 1.29 is 37.5 Å². The third-order valence-electron chi connectivity index (χ3n) is 12.6. The Bertz CT molecular complexity index is 2450. The van der Waals surface area contributed by atoms with Crippen molar-refractivity contribution in [1.29, 1.82) is 0 Å². The van der Waals surface area contributed by atoms with E-state index in [0.29, 0.717) is 78.7 Å². The number of carbonyl (C=O) groups excluding carboxylic acids is 4. The van der Waals surface area contributed by atoms with Crippen LogP contribution in [0.3, 0.4) is 0 Å². The van der Waals surface area contributed by atoms with Crippen molar-refractivity contribution in [3.05, 3.63) is 88.6 Å². The molecule has 4 aromatic rings. The molecular weight excluding hydrogens is 861 g/mol. The minimum atomic E-state index is -3.57. The fraction of sp³-hybridized carbons (Fsp3) is 0.422. The molecule has 3 N–H and O–H groups in total. The summed E-state index contributed by atoms with van der Waals surface area (Å²) in [6, 6.07) is 18.5. The van der Waals surface area contributed by atoms with E-state index in [9.17, 15) is 23.7 Å². The van der Waals surface area contributed by atoms with Crippen molar-refractivity contribution in [3.8, 4) is 5.75 Å². The largest absolute Gasteiger partial charge is 0.494 e. The molecule has 338 valence electrons. The minimum absolute atomic E-state index is 0.171. The SMILES string of the molecule is COc1cc(N2CCC(N3CCN(C(=O)CCCc4ccc5c(c4)CN(C4CCC(=O)NC4=O)C5=O)CC3)CC2)ccc1Nc1ncc(Cl)c(Nc2ccccc2P(=O)(OC)OC)n1. The van der Waals surface area contributed by atoms with Crippen molar-refractivity contribution in [2.45, 2.75) is 63.6 Å². The lowest BCUT2D eigenvalue weighted by molar-refractivity contribution is -0.137. The maximum absolute atomic E-state index is 13.2. The Labute approximate surface area is 377 Å². The lowest BCUT2D eigenvalue weighted by atomic mass is 10.0. The number of piperazine rings is 1. The molecule has 4 aliphatic heterocycles.